The first-order valence-electron chi connectivity index (χ1n) is 7.34. The molecule has 0 spiro atoms. The Bertz CT molecular complexity index is 612. The smallest absolute Gasteiger partial charge is 0.145 e. The van der Waals surface area contributed by atoms with Crippen LogP contribution in [0.1, 0.15) is 25.6 Å². The van der Waals surface area contributed by atoms with Gasteiger partial charge in [0.25, 0.3) is 0 Å². The maximum atomic E-state index is 12.3. The van der Waals surface area contributed by atoms with E-state index in [1.807, 2.05) is 18.2 Å². The minimum absolute atomic E-state index is 0.0601. The molecule has 1 unspecified atom stereocenters. The van der Waals surface area contributed by atoms with Gasteiger partial charge < -0.3 is 9.30 Å². The molecule has 3 rings (SSSR count). The van der Waals surface area contributed by atoms with E-state index >= 15 is 0 Å². The lowest BCUT2D eigenvalue weighted by atomic mass is 10.0. The van der Waals surface area contributed by atoms with Gasteiger partial charge in [0.15, 0.2) is 0 Å². The number of aromatic nitrogens is 2. The summed E-state index contributed by atoms with van der Waals surface area (Å²) in [7, 11) is 0. The third-order valence-electron chi connectivity index (χ3n) is 3.90. The monoisotopic (exact) mass is 272 g/mol. The number of Topliss-reactive ketones (excluding diaryl/α,β-unsaturated/α-hetero) is 1. The van der Waals surface area contributed by atoms with Crippen LogP contribution < -0.4 is 0 Å². The van der Waals surface area contributed by atoms with Crippen LogP contribution in [0.25, 0.3) is 11.0 Å². The zero-order valence-corrected chi connectivity index (χ0v) is 11.8. The van der Waals surface area contributed by atoms with Crippen LogP contribution in [0.15, 0.2) is 24.3 Å². The summed E-state index contributed by atoms with van der Waals surface area (Å²) in [6.07, 6.45) is 2.31. The normalized spacial score (nSPS) is 18.8. The molecule has 20 heavy (non-hydrogen) atoms. The number of carbonyl (C=O) groups excluding carboxylic acids is 1. The number of rotatable bonds is 5. The Labute approximate surface area is 118 Å². The van der Waals surface area contributed by atoms with Crippen molar-refractivity contribution in [1.29, 1.82) is 0 Å². The Morgan fingerprint density at radius 2 is 2.30 bits per heavy atom. The van der Waals surface area contributed by atoms with Gasteiger partial charge in [-0.1, -0.05) is 19.1 Å². The highest BCUT2D eigenvalue weighted by Gasteiger charge is 2.25. The lowest BCUT2D eigenvalue weighted by Crippen LogP contribution is -2.19. The van der Waals surface area contributed by atoms with Crippen molar-refractivity contribution in [2.45, 2.75) is 32.7 Å². The maximum absolute atomic E-state index is 12.3. The zero-order chi connectivity index (χ0) is 13.9. The van der Waals surface area contributed by atoms with Gasteiger partial charge in [-0.3, -0.25) is 4.79 Å². The highest BCUT2D eigenvalue weighted by atomic mass is 16.5. The summed E-state index contributed by atoms with van der Waals surface area (Å²) in [6.45, 7) is 4.34. The van der Waals surface area contributed by atoms with Gasteiger partial charge in [0.2, 0.25) is 0 Å². The summed E-state index contributed by atoms with van der Waals surface area (Å²) in [6, 6.07) is 8.09. The Kier molecular flexibility index (Phi) is 3.83. The topological polar surface area (TPSA) is 44.1 Å². The second-order valence-corrected chi connectivity index (χ2v) is 5.37. The van der Waals surface area contributed by atoms with Crippen LogP contribution in [0.2, 0.25) is 0 Å². The van der Waals surface area contributed by atoms with E-state index in [0.717, 1.165) is 36.2 Å². The molecule has 1 aromatic carbocycles. The molecule has 0 saturated carbocycles. The van der Waals surface area contributed by atoms with Gasteiger partial charge in [-0.05, 0) is 25.0 Å². The summed E-state index contributed by atoms with van der Waals surface area (Å²) in [5, 5.41) is 0. The molecule has 4 nitrogen and oxygen atoms in total. The number of carbonyl (C=O) groups is 1. The van der Waals surface area contributed by atoms with Gasteiger partial charge in [-0.25, -0.2) is 4.98 Å². The molecule has 0 amide bonds. The molecule has 1 atom stereocenters. The minimum atomic E-state index is 0.0601. The van der Waals surface area contributed by atoms with E-state index in [1.54, 1.807) is 0 Å². The summed E-state index contributed by atoms with van der Waals surface area (Å²) < 4.78 is 7.49. The van der Waals surface area contributed by atoms with E-state index < -0.39 is 0 Å². The Morgan fingerprint density at radius 3 is 3.05 bits per heavy atom. The molecule has 1 aliphatic heterocycles. The molecule has 106 valence electrons. The van der Waals surface area contributed by atoms with Crippen molar-refractivity contribution in [2.75, 3.05) is 13.2 Å². The van der Waals surface area contributed by atoms with Crippen molar-refractivity contribution in [1.82, 2.24) is 9.55 Å². The van der Waals surface area contributed by atoms with Crippen molar-refractivity contribution in [2.24, 2.45) is 5.92 Å². The predicted molar refractivity (Wildman–Crippen MR) is 77.7 cm³/mol. The van der Waals surface area contributed by atoms with Gasteiger partial charge >= 0.3 is 0 Å². The van der Waals surface area contributed by atoms with E-state index in [9.17, 15) is 4.79 Å². The lowest BCUT2D eigenvalue weighted by molar-refractivity contribution is -0.122. The number of ether oxygens (including phenoxy) is 1. The maximum Gasteiger partial charge on any atom is 0.145 e. The van der Waals surface area contributed by atoms with Crippen molar-refractivity contribution in [3.63, 3.8) is 0 Å². The number of ketones is 1. The van der Waals surface area contributed by atoms with E-state index in [0.29, 0.717) is 19.6 Å². The van der Waals surface area contributed by atoms with Crippen LogP contribution in [0.4, 0.5) is 0 Å². The largest absolute Gasteiger partial charge is 0.381 e. The van der Waals surface area contributed by atoms with E-state index in [4.69, 9.17) is 4.74 Å². The average molecular weight is 272 g/mol. The summed E-state index contributed by atoms with van der Waals surface area (Å²) >= 11 is 0. The van der Waals surface area contributed by atoms with Crippen LogP contribution in [0, 0.1) is 5.92 Å². The van der Waals surface area contributed by atoms with E-state index in [2.05, 4.69) is 22.5 Å². The molecule has 0 bridgehead atoms. The van der Waals surface area contributed by atoms with Crippen molar-refractivity contribution < 1.29 is 9.53 Å². The third-order valence-corrected chi connectivity index (χ3v) is 3.90. The molecular formula is C16H20N2O2. The molecule has 0 radical (unpaired) electrons. The number of para-hydroxylation sites is 2. The highest BCUT2D eigenvalue weighted by Crippen LogP contribution is 2.20. The van der Waals surface area contributed by atoms with Crippen LogP contribution in [-0.2, 0) is 22.5 Å². The summed E-state index contributed by atoms with van der Waals surface area (Å²) in [4.78, 5) is 17.0. The fourth-order valence-corrected chi connectivity index (χ4v) is 2.82. The van der Waals surface area contributed by atoms with Gasteiger partial charge in [-0.2, -0.15) is 0 Å². The molecule has 0 N–H and O–H groups in total. The van der Waals surface area contributed by atoms with Gasteiger partial charge in [-0.15, -0.1) is 0 Å². The molecule has 1 saturated heterocycles. The highest BCUT2D eigenvalue weighted by molar-refractivity contribution is 5.84. The number of aryl methyl sites for hydroxylation is 1. The lowest BCUT2D eigenvalue weighted by Gasteiger charge is -2.09. The molecule has 1 aromatic heterocycles. The summed E-state index contributed by atoms with van der Waals surface area (Å²) in [5.74, 6) is 1.21. The van der Waals surface area contributed by atoms with Crippen LogP contribution in [0.3, 0.4) is 0 Å². The zero-order valence-electron chi connectivity index (χ0n) is 11.8. The van der Waals surface area contributed by atoms with E-state index in [-0.39, 0.29) is 11.7 Å². The SMILES string of the molecule is CCCn1c(CC(=O)C2CCOC2)nc2ccccc21. The second kappa shape index (κ2) is 5.75. The van der Waals surface area contributed by atoms with Crippen LogP contribution in [-0.4, -0.2) is 28.5 Å². The summed E-state index contributed by atoms with van der Waals surface area (Å²) in [5.41, 5.74) is 2.10. The number of hydrogen-bond donors (Lipinski definition) is 0. The molecule has 0 aliphatic carbocycles. The van der Waals surface area contributed by atoms with Gasteiger partial charge in [0.1, 0.15) is 11.6 Å². The van der Waals surface area contributed by atoms with Crippen LogP contribution >= 0.6 is 0 Å². The Morgan fingerprint density at radius 1 is 1.45 bits per heavy atom. The Balaban J connectivity index is 1.89. The fourth-order valence-electron chi connectivity index (χ4n) is 2.82. The fraction of sp³-hybridized carbons (Fsp3) is 0.500. The number of hydrogen-bond acceptors (Lipinski definition) is 3. The van der Waals surface area contributed by atoms with Crippen molar-refractivity contribution >= 4 is 16.8 Å². The van der Waals surface area contributed by atoms with E-state index in [1.165, 1.54) is 0 Å². The number of benzene rings is 1. The van der Waals surface area contributed by atoms with Gasteiger partial charge in [0.05, 0.1) is 24.1 Å². The molecular weight excluding hydrogens is 252 g/mol. The first-order chi connectivity index (χ1) is 9.79. The third kappa shape index (κ3) is 2.48. The molecule has 1 aliphatic rings. The Hall–Kier alpha value is -1.68. The number of fused-ring (bicyclic) bond motifs is 1. The second-order valence-electron chi connectivity index (χ2n) is 5.37. The average Bonchev–Trinajstić information content (AvgIpc) is 3.08. The minimum Gasteiger partial charge on any atom is -0.381 e. The molecule has 2 heterocycles. The van der Waals surface area contributed by atoms with Crippen LogP contribution in [0.5, 0.6) is 0 Å². The molecule has 2 aromatic rings. The standard InChI is InChI=1S/C16H20N2O2/c1-2-8-18-14-6-4-3-5-13(14)17-16(18)10-15(19)12-7-9-20-11-12/h3-6,12H,2,7-11H2,1H3. The first kappa shape index (κ1) is 13.3. The molecule has 1 fully saturated rings. The predicted octanol–water partition coefficient (Wildman–Crippen LogP) is 2.59. The molecule has 4 heteroatoms. The number of nitrogens with zero attached hydrogens (tertiary/aromatic N) is 2. The van der Waals surface area contributed by atoms with Crippen molar-refractivity contribution in [3.05, 3.63) is 30.1 Å². The quantitative estimate of drug-likeness (QED) is 0.840. The van der Waals surface area contributed by atoms with Gasteiger partial charge in [0, 0.05) is 19.1 Å². The van der Waals surface area contributed by atoms with Crippen molar-refractivity contribution in [3.8, 4) is 0 Å². The first-order valence-corrected chi connectivity index (χ1v) is 7.34. The number of imidazole rings is 1.